The van der Waals surface area contributed by atoms with Crippen molar-refractivity contribution in [1.82, 2.24) is 10.4 Å². The highest BCUT2D eigenvalue weighted by molar-refractivity contribution is 6.23. The van der Waals surface area contributed by atoms with E-state index in [4.69, 9.17) is 9.57 Å². The number of benzene rings is 1. The summed E-state index contributed by atoms with van der Waals surface area (Å²) in [4.78, 5) is 18.0. The van der Waals surface area contributed by atoms with Gasteiger partial charge in [-0.15, -0.1) is 0 Å². The van der Waals surface area contributed by atoms with Gasteiger partial charge in [0, 0.05) is 13.1 Å². The van der Waals surface area contributed by atoms with E-state index in [2.05, 4.69) is 23.5 Å². The van der Waals surface area contributed by atoms with Gasteiger partial charge < -0.3 is 14.9 Å². The van der Waals surface area contributed by atoms with Gasteiger partial charge >= 0.3 is 0 Å². The van der Waals surface area contributed by atoms with E-state index in [0.29, 0.717) is 5.57 Å². The molecule has 0 bridgehead atoms. The molecule has 1 aromatic rings. The number of rotatable bonds is 3. The zero-order valence-electron chi connectivity index (χ0n) is 14.2. The Kier molecular flexibility index (Phi) is 4.17. The summed E-state index contributed by atoms with van der Waals surface area (Å²) in [7, 11) is 3.34. The average molecular weight is 316 g/mol. The molecule has 124 valence electrons. The summed E-state index contributed by atoms with van der Waals surface area (Å²) in [5, 5.41) is 5.11. The molecule has 3 rings (SSSR count). The molecular weight excluding hydrogens is 292 g/mol. The molecule has 23 heavy (non-hydrogen) atoms. The van der Waals surface area contributed by atoms with E-state index in [-0.39, 0.29) is 5.91 Å². The van der Waals surface area contributed by atoms with Crippen LogP contribution in [0.15, 0.2) is 24.0 Å². The van der Waals surface area contributed by atoms with Crippen LogP contribution in [0.5, 0.6) is 0 Å². The van der Waals surface area contributed by atoms with Crippen LogP contribution in [0.3, 0.4) is 0 Å². The van der Waals surface area contributed by atoms with E-state index < -0.39 is 5.54 Å². The van der Waals surface area contributed by atoms with E-state index in [0.717, 1.165) is 48.4 Å². The predicted octanol–water partition coefficient (Wildman–Crippen LogP) is 2.19. The van der Waals surface area contributed by atoms with Crippen LogP contribution in [0.4, 0.5) is 0 Å². The Bertz CT molecular complexity index is 658. The molecule has 1 amide bonds. The second-order valence-electron chi connectivity index (χ2n) is 6.37. The highest BCUT2D eigenvalue weighted by Crippen LogP contribution is 2.41. The summed E-state index contributed by atoms with van der Waals surface area (Å²) in [6.45, 7) is 5.60. The van der Waals surface area contributed by atoms with Crippen LogP contribution in [0.1, 0.15) is 29.5 Å². The fourth-order valence-electron chi connectivity index (χ4n) is 3.63. The summed E-state index contributed by atoms with van der Waals surface area (Å²) in [6.07, 6.45) is 1.56. The van der Waals surface area contributed by atoms with Gasteiger partial charge in [0.1, 0.15) is 11.3 Å². The maximum absolute atomic E-state index is 12.7. The van der Waals surface area contributed by atoms with Gasteiger partial charge in [-0.3, -0.25) is 4.79 Å². The largest absolute Gasteiger partial charge is 0.498 e. The first-order valence-electron chi connectivity index (χ1n) is 7.98. The van der Waals surface area contributed by atoms with Crippen LogP contribution in [0, 0.1) is 13.8 Å². The molecule has 0 atom stereocenters. The number of amides is 1. The Hall–Kier alpha value is -1.85. The van der Waals surface area contributed by atoms with Crippen molar-refractivity contribution in [3.63, 3.8) is 0 Å². The Labute approximate surface area is 137 Å². The molecule has 0 aromatic heterocycles. The SMILES string of the molecule is COC1=C(c2cc(C)ccc2C)C(=O)NC12CCN(OC)CC2. The van der Waals surface area contributed by atoms with Crippen molar-refractivity contribution in [3.8, 4) is 0 Å². The van der Waals surface area contributed by atoms with Gasteiger partial charge in [-0.1, -0.05) is 23.8 Å². The van der Waals surface area contributed by atoms with Crippen molar-refractivity contribution in [2.45, 2.75) is 32.2 Å². The molecule has 1 fully saturated rings. The number of hydrogen-bond donors (Lipinski definition) is 1. The number of carbonyl (C=O) groups excluding carboxylic acids is 1. The van der Waals surface area contributed by atoms with Crippen LogP contribution in [0.25, 0.3) is 5.57 Å². The topological polar surface area (TPSA) is 50.8 Å². The van der Waals surface area contributed by atoms with E-state index in [1.54, 1.807) is 14.2 Å². The first-order chi connectivity index (χ1) is 11.0. The molecule has 2 aliphatic rings. The molecule has 0 radical (unpaired) electrons. The molecule has 5 nitrogen and oxygen atoms in total. The van der Waals surface area contributed by atoms with Crippen molar-refractivity contribution >= 4 is 11.5 Å². The maximum atomic E-state index is 12.7. The Morgan fingerprint density at radius 3 is 2.48 bits per heavy atom. The van der Waals surface area contributed by atoms with Crippen molar-refractivity contribution < 1.29 is 14.4 Å². The van der Waals surface area contributed by atoms with E-state index in [1.807, 2.05) is 18.9 Å². The molecule has 5 heteroatoms. The van der Waals surface area contributed by atoms with Crippen LogP contribution < -0.4 is 5.32 Å². The highest BCUT2D eigenvalue weighted by Gasteiger charge is 2.48. The van der Waals surface area contributed by atoms with E-state index in [9.17, 15) is 4.79 Å². The third-order valence-electron chi connectivity index (χ3n) is 4.94. The molecule has 2 aliphatic heterocycles. The second kappa shape index (κ2) is 5.98. The van der Waals surface area contributed by atoms with Gasteiger partial charge in [-0.05, 0) is 37.8 Å². The van der Waals surface area contributed by atoms with Gasteiger partial charge in [0.05, 0.1) is 19.8 Å². The van der Waals surface area contributed by atoms with E-state index in [1.165, 1.54) is 0 Å². The lowest BCUT2D eigenvalue weighted by molar-refractivity contribution is -0.152. The van der Waals surface area contributed by atoms with Crippen LogP contribution in [0.2, 0.25) is 0 Å². The second-order valence-corrected chi connectivity index (χ2v) is 6.37. The van der Waals surface area contributed by atoms with Gasteiger partial charge in [-0.25, -0.2) is 0 Å². The monoisotopic (exact) mass is 316 g/mol. The standard InChI is InChI=1S/C18H24N2O3/c1-12-5-6-13(2)14(11-12)15-16(22-3)18(19-17(15)21)7-9-20(23-4)10-8-18/h5-6,11H,7-10H2,1-4H3,(H,19,21). The lowest BCUT2D eigenvalue weighted by atomic mass is 9.85. The van der Waals surface area contributed by atoms with Crippen molar-refractivity contribution in [2.75, 3.05) is 27.3 Å². The Morgan fingerprint density at radius 2 is 1.87 bits per heavy atom. The number of aryl methyl sites for hydroxylation is 2. The lowest BCUT2D eigenvalue weighted by Crippen LogP contribution is -2.52. The van der Waals surface area contributed by atoms with Crippen LogP contribution >= 0.6 is 0 Å². The molecule has 1 aromatic carbocycles. The highest BCUT2D eigenvalue weighted by atomic mass is 16.7. The Balaban J connectivity index is 2.05. The van der Waals surface area contributed by atoms with Gasteiger partial charge in [0.15, 0.2) is 0 Å². The average Bonchev–Trinajstić information content (AvgIpc) is 2.81. The third-order valence-corrected chi connectivity index (χ3v) is 4.94. The normalized spacial score (nSPS) is 21.0. The molecule has 1 spiro atoms. The number of ether oxygens (including phenoxy) is 1. The van der Waals surface area contributed by atoms with E-state index >= 15 is 0 Å². The van der Waals surface area contributed by atoms with Crippen molar-refractivity contribution in [2.24, 2.45) is 0 Å². The fourth-order valence-corrected chi connectivity index (χ4v) is 3.63. The summed E-state index contributed by atoms with van der Waals surface area (Å²) >= 11 is 0. The number of piperidine rings is 1. The van der Waals surface area contributed by atoms with Crippen LogP contribution in [-0.2, 0) is 14.4 Å². The molecular formula is C18H24N2O3. The zero-order chi connectivity index (χ0) is 16.6. The number of hydrogen-bond acceptors (Lipinski definition) is 4. The third kappa shape index (κ3) is 2.64. The minimum absolute atomic E-state index is 0.0404. The lowest BCUT2D eigenvalue weighted by Gasteiger charge is -2.38. The quantitative estimate of drug-likeness (QED) is 0.929. The number of methoxy groups -OCH3 is 1. The summed E-state index contributed by atoms with van der Waals surface area (Å²) in [5.74, 6) is 0.730. The number of nitrogens with zero attached hydrogens (tertiary/aromatic N) is 1. The number of carbonyl (C=O) groups is 1. The molecule has 2 heterocycles. The minimum Gasteiger partial charge on any atom is -0.498 e. The predicted molar refractivity (Wildman–Crippen MR) is 88.5 cm³/mol. The maximum Gasteiger partial charge on any atom is 0.256 e. The first kappa shape index (κ1) is 16.0. The number of nitrogens with one attached hydrogen (secondary N) is 1. The summed E-state index contributed by atoms with van der Waals surface area (Å²) < 4.78 is 5.74. The Morgan fingerprint density at radius 1 is 1.17 bits per heavy atom. The minimum atomic E-state index is -0.410. The fraction of sp³-hybridized carbons (Fsp3) is 0.500. The zero-order valence-corrected chi connectivity index (χ0v) is 14.2. The summed E-state index contributed by atoms with van der Waals surface area (Å²) in [5.41, 5.74) is 3.45. The first-order valence-corrected chi connectivity index (χ1v) is 7.98. The van der Waals surface area contributed by atoms with Gasteiger partial charge in [-0.2, -0.15) is 5.06 Å². The summed E-state index contributed by atoms with van der Waals surface area (Å²) in [6, 6.07) is 6.18. The molecule has 0 unspecified atom stereocenters. The van der Waals surface area contributed by atoms with Crippen molar-refractivity contribution in [3.05, 3.63) is 40.6 Å². The molecule has 0 aliphatic carbocycles. The number of hydroxylamine groups is 2. The van der Waals surface area contributed by atoms with Gasteiger partial charge in [0.2, 0.25) is 0 Å². The van der Waals surface area contributed by atoms with Gasteiger partial charge in [0.25, 0.3) is 5.91 Å². The smallest absolute Gasteiger partial charge is 0.256 e. The van der Waals surface area contributed by atoms with Crippen LogP contribution in [-0.4, -0.2) is 43.8 Å². The molecule has 1 N–H and O–H groups in total. The molecule has 1 saturated heterocycles. The molecule has 0 saturated carbocycles. The van der Waals surface area contributed by atoms with Crippen molar-refractivity contribution in [1.29, 1.82) is 0 Å².